The lowest BCUT2D eigenvalue weighted by molar-refractivity contribution is 0.127. The predicted octanol–water partition coefficient (Wildman–Crippen LogP) is 1.58. The highest BCUT2D eigenvalue weighted by molar-refractivity contribution is 7.91. The van der Waals surface area contributed by atoms with Crippen LogP contribution in [0.3, 0.4) is 0 Å². The first-order valence-electron chi connectivity index (χ1n) is 5.65. The third-order valence-corrected chi connectivity index (χ3v) is 6.37. The lowest BCUT2D eigenvalue weighted by atomic mass is 9.86. The molecule has 2 rings (SSSR count). The van der Waals surface area contributed by atoms with Crippen LogP contribution in [-0.2, 0) is 10.0 Å². The van der Waals surface area contributed by atoms with Gasteiger partial charge in [-0.05, 0) is 24.3 Å². The minimum Gasteiger partial charge on any atom is -0.396 e. The van der Waals surface area contributed by atoms with Crippen LogP contribution in [0.15, 0.2) is 21.7 Å². The number of nitrogens with one attached hydrogen (secondary N) is 1. The Morgan fingerprint density at radius 2 is 2.41 bits per heavy atom. The normalized spacial score (nSPS) is 29.6. The number of hydrogen-bond donors (Lipinski definition) is 2. The molecule has 4 nitrogen and oxygen atoms in total. The summed E-state index contributed by atoms with van der Waals surface area (Å²) in [5.74, 6) is 0. The second-order valence-corrected chi connectivity index (χ2v) is 7.70. The summed E-state index contributed by atoms with van der Waals surface area (Å²) in [5, 5.41) is 11.1. The molecule has 1 fully saturated rings. The number of rotatable bonds is 4. The smallest absolute Gasteiger partial charge is 0.250 e. The van der Waals surface area contributed by atoms with Gasteiger partial charge in [-0.1, -0.05) is 19.4 Å². The molecule has 6 heteroatoms. The van der Waals surface area contributed by atoms with Gasteiger partial charge in [0.15, 0.2) is 0 Å². The molecule has 0 radical (unpaired) electrons. The van der Waals surface area contributed by atoms with Crippen molar-refractivity contribution < 1.29 is 13.5 Å². The van der Waals surface area contributed by atoms with E-state index in [2.05, 4.69) is 4.72 Å². The van der Waals surface area contributed by atoms with Gasteiger partial charge in [0.05, 0.1) is 0 Å². The molecule has 0 saturated heterocycles. The molecule has 2 N–H and O–H groups in total. The molecule has 1 aliphatic rings. The molecule has 96 valence electrons. The van der Waals surface area contributed by atoms with Crippen LogP contribution in [0.25, 0.3) is 0 Å². The lowest BCUT2D eigenvalue weighted by Crippen LogP contribution is -2.44. The molecule has 0 bridgehead atoms. The fourth-order valence-corrected chi connectivity index (χ4v) is 4.70. The van der Waals surface area contributed by atoms with Crippen LogP contribution in [0.5, 0.6) is 0 Å². The summed E-state index contributed by atoms with van der Waals surface area (Å²) in [6.45, 7) is 1.95. The van der Waals surface area contributed by atoms with Crippen LogP contribution < -0.4 is 4.72 Å². The van der Waals surface area contributed by atoms with Gasteiger partial charge in [-0.15, -0.1) is 11.3 Å². The Labute approximate surface area is 106 Å². The largest absolute Gasteiger partial charge is 0.396 e. The van der Waals surface area contributed by atoms with Gasteiger partial charge >= 0.3 is 0 Å². The third-order valence-electron chi connectivity index (χ3n) is 3.50. The standard InChI is InChI=1S/C11H17NO3S2/c1-11(8-13)6-2-4-9(11)12-17(14,15)10-5-3-7-16-10/h3,5,7,9,12-13H,2,4,6,8H2,1H3. The minimum absolute atomic E-state index is 0.0185. The summed E-state index contributed by atoms with van der Waals surface area (Å²) in [7, 11) is -3.42. The van der Waals surface area contributed by atoms with Crippen molar-refractivity contribution in [3.63, 3.8) is 0 Å². The molecule has 17 heavy (non-hydrogen) atoms. The first-order valence-corrected chi connectivity index (χ1v) is 8.01. The molecule has 2 atom stereocenters. The second-order valence-electron chi connectivity index (χ2n) is 4.81. The van der Waals surface area contributed by atoms with Crippen LogP contribution in [0.4, 0.5) is 0 Å². The lowest BCUT2D eigenvalue weighted by Gasteiger charge is -2.29. The Bertz CT molecular complexity index is 469. The van der Waals surface area contributed by atoms with Crippen molar-refractivity contribution in [3.05, 3.63) is 17.5 Å². The van der Waals surface area contributed by atoms with Gasteiger partial charge in [-0.25, -0.2) is 13.1 Å². The molecule has 0 spiro atoms. The maximum Gasteiger partial charge on any atom is 0.250 e. The van der Waals surface area contributed by atoms with Gasteiger partial charge in [0.1, 0.15) is 4.21 Å². The Morgan fingerprint density at radius 1 is 1.65 bits per heavy atom. The van der Waals surface area contributed by atoms with Crippen LogP contribution in [0.2, 0.25) is 0 Å². The minimum atomic E-state index is -3.42. The molecule has 1 aromatic heterocycles. The van der Waals surface area contributed by atoms with Crippen molar-refractivity contribution in [2.24, 2.45) is 5.41 Å². The molecule has 2 unspecified atom stereocenters. The molecule has 1 saturated carbocycles. The van der Waals surface area contributed by atoms with Gasteiger partial charge in [-0.2, -0.15) is 0 Å². The van der Waals surface area contributed by atoms with Crippen LogP contribution in [0, 0.1) is 5.41 Å². The summed E-state index contributed by atoms with van der Waals surface area (Å²) in [4.78, 5) is 0. The molecule has 1 aliphatic carbocycles. The molecule has 0 amide bonds. The topological polar surface area (TPSA) is 66.4 Å². The molecule has 1 aromatic rings. The highest BCUT2D eigenvalue weighted by Crippen LogP contribution is 2.38. The Morgan fingerprint density at radius 3 is 3.00 bits per heavy atom. The summed E-state index contributed by atoms with van der Waals surface area (Å²) >= 11 is 1.21. The highest BCUT2D eigenvalue weighted by Gasteiger charge is 2.40. The van der Waals surface area contributed by atoms with Crippen LogP contribution in [0.1, 0.15) is 26.2 Å². The number of sulfonamides is 1. The van der Waals surface area contributed by atoms with E-state index >= 15 is 0 Å². The van der Waals surface area contributed by atoms with Gasteiger partial charge in [0.25, 0.3) is 0 Å². The number of aliphatic hydroxyl groups excluding tert-OH is 1. The fraction of sp³-hybridized carbons (Fsp3) is 0.636. The van der Waals surface area contributed by atoms with E-state index in [1.165, 1.54) is 11.3 Å². The highest BCUT2D eigenvalue weighted by atomic mass is 32.2. The quantitative estimate of drug-likeness (QED) is 0.876. The Balaban J connectivity index is 2.17. The average Bonchev–Trinajstić information content (AvgIpc) is 2.90. The number of aliphatic hydroxyl groups is 1. The van der Waals surface area contributed by atoms with Crippen molar-refractivity contribution in [3.8, 4) is 0 Å². The zero-order chi connectivity index (χ0) is 12.5. The van der Waals surface area contributed by atoms with Crippen molar-refractivity contribution in [1.82, 2.24) is 4.72 Å². The third kappa shape index (κ3) is 2.54. The maximum absolute atomic E-state index is 12.1. The molecule has 1 heterocycles. The fourth-order valence-electron chi connectivity index (χ4n) is 2.28. The van der Waals surface area contributed by atoms with Crippen molar-refractivity contribution in [1.29, 1.82) is 0 Å². The zero-order valence-electron chi connectivity index (χ0n) is 9.72. The van der Waals surface area contributed by atoms with Crippen molar-refractivity contribution in [2.75, 3.05) is 6.61 Å². The molecular weight excluding hydrogens is 258 g/mol. The SMILES string of the molecule is CC1(CO)CCCC1NS(=O)(=O)c1cccs1. The zero-order valence-corrected chi connectivity index (χ0v) is 11.4. The summed E-state index contributed by atoms with van der Waals surface area (Å²) in [6.07, 6.45) is 2.61. The average molecular weight is 275 g/mol. The van der Waals surface area contributed by atoms with E-state index in [1.54, 1.807) is 17.5 Å². The van der Waals surface area contributed by atoms with E-state index < -0.39 is 10.0 Å². The van der Waals surface area contributed by atoms with Crippen molar-refractivity contribution in [2.45, 2.75) is 36.4 Å². The summed E-state index contributed by atoms with van der Waals surface area (Å²) in [5.41, 5.74) is -0.329. The Hall–Kier alpha value is -0.430. The summed E-state index contributed by atoms with van der Waals surface area (Å²) < 4.78 is 27.2. The number of hydrogen-bond acceptors (Lipinski definition) is 4. The maximum atomic E-state index is 12.1. The van der Waals surface area contributed by atoms with Gasteiger partial charge in [-0.3, -0.25) is 0 Å². The Kier molecular flexibility index (Phi) is 3.58. The predicted molar refractivity (Wildman–Crippen MR) is 67.5 cm³/mol. The van der Waals surface area contributed by atoms with Gasteiger partial charge < -0.3 is 5.11 Å². The van der Waals surface area contributed by atoms with E-state index in [1.807, 2.05) is 6.92 Å². The van der Waals surface area contributed by atoms with E-state index in [-0.39, 0.29) is 18.1 Å². The number of thiophene rings is 1. The van der Waals surface area contributed by atoms with Gasteiger partial charge in [0.2, 0.25) is 10.0 Å². The van der Waals surface area contributed by atoms with Crippen LogP contribution >= 0.6 is 11.3 Å². The van der Waals surface area contributed by atoms with E-state index in [9.17, 15) is 13.5 Å². The summed E-state index contributed by atoms with van der Waals surface area (Å²) in [6, 6.07) is 3.15. The van der Waals surface area contributed by atoms with Crippen LogP contribution in [-0.4, -0.2) is 26.2 Å². The van der Waals surface area contributed by atoms with E-state index in [0.29, 0.717) is 4.21 Å². The molecule has 0 aromatic carbocycles. The molecule has 0 aliphatic heterocycles. The van der Waals surface area contributed by atoms with Crippen molar-refractivity contribution >= 4 is 21.4 Å². The monoisotopic (exact) mass is 275 g/mol. The van der Waals surface area contributed by atoms with E-state index in [4.69, 9.17) is 0 Å². The van der Waals surface area contributed by atoms with Gasteiger partial charge in [0, 0.05) is 18.1 Å². The van der Waals surface area contributed by atoms with E-state index in [0.717, 1.165) is 19.3 Å². The molecular formula is C11H17NO3S2. The second kappa shape index (κ2) is 4.68. The first-order chi connectivity index (χ1) is 7.98. The first kappa shape index (κ1) is 13.0.